The molecule has 7 heteroatoms. The number of methoxy groups -OCH3 is 1. The fourth-order valence-corrected chi connectivity index (χ4v) is 3.89. The van der Waals surface area contributed by atoms with Crippen molar-refractivity contribution in [1.29, 1.82) is 0 Å². The van der Waals surface area contributed by atoms with Gasteiger partial charge in [-0.05, 0) is 49.1 Å². The van der Waals surface area contributed by atoms with Crippen LogP contribution in [0, 0.1) is 0 Å². The van der Waals surface area contributed by atoms with Gasteiger partial charge in [-0.1, -0.05) is 6.07 Å². The van der Waals surface area contributed by atoms with Crippen LogP contribution in [0.1, 0.15) is 38.4 Å². The number of nitrogens with one attached hydrogen (secondary N) is 1. The molecule has 1 fully saturated rings. The molecule has 2 aliphatic rings. The molecule has 1 aromatic heterocycles. The van der Waals surface area contributed by atoms with Crippen molar-refractivity contribution < 1.29 is 14.3 Å². The van der Waals surface area contributed by atoms with Gasteiger partial charge >= 0.3 is 0 Å². The Labute approximate surface area is 162 Å². The Balaban J connectivity index is 1.43. The topological polar surface area (TPSA) is 82.7 Å². The molecule has 1 saturated heterocycles. The number of H-pyrrole nitrogens is 1. The Morgan fingerprint density at radius 3 is 2.43 bits per heavy atom. The third-order valence-electron chi connectivity index (χ3n) is 5.49. The first-order valence-corrected chi connectivity index (χ1v) is 9.54. The first kappa shape index (κ1) is 18.3. The highest BCUT2D eigenvalue weighted by Gasteiger charge is 2.28. The molecule has 2 heterocycles. The van der Waals surface area contributed by atoms with E-state index in [1.807, 2.05) is 0 Å². The average molecular weight is 381 g/mol. The van der Waals surface area contributed by atoms with Crippen LogP contribution in [0.15, 0.2) is 35.1 Å². The van der Waals surface area contributed by atoms with Gasteiger partial charge in [0.05, 0.1) is 7.11 Å². The number of hydrogen-bond acceptors (Lipinski definition) is 4. The van der Waals surface area contributed by atoms with Crippen molar-refractivity contribution in [3.05, 3.63) is 63.1 Å². The van der Waals surface area contributed by atoms with E-state index in [1.165, 1.54) is 0 Å². The lowest BCUT2D eigenvalue weighted by Gasteiger charge is -2.34. The summed E-state index contributed by atoms with van der Waals surface area (Å²) < 4.78 is 5.18. The molecule has 28 heavy (non-hydrogen) atoms. The number of carbonyl (C=O) groups excluding carboxylic acids is 2. The van der Waals surface area contributed by atoms with Crippen molar-refractivity contribution in [3.8, 4) is 5.75 Å². The van der Waals surface area contributed by atoms with Crippen molar-refractivity contribution in [2.45, 2.75) is 19.3 Å². The molecule has 0 bridgehead atoms. The minimum absolute atomic E-state index is 0.0821. The minimum Gasteiger partial charge on any atom is -0.497 e. The van der Waals surface area contributed by atoms with Gasteiger partial charge in [0.1, 0.15) is 11.3 Å². The van der Waals surface area contributed by atoms with E-state index in [4.69, 9.17) is 4.74 Å². The van der Waals surface area contributed by atoms with E-state index in [2.05, 4.69) is 4.98 Å². The van der Waals surface area contributed by atoms with Crippen molar-refractivity contribution in [3.63, 3.8) is 0 Å². The third-order valence-corrected chi connectivity index (χ3v) is 5.49. The number of pyridine rings is 1. The van der Waals surface area contributed by atoms with Crippen LogP contribution in [0.2, 0.25) is 0 Å². The van der Waals surface area contributed by atoms with Crippen LogP contribution in [0.3, 0.4) is 0 Å². The van der Waals surface area contributed by atoms with E-state index in [-0.39, 0.29) is 22.9 Å². The number of carbonyl (C=O) groups is 2. The first-order valence-electron chi connectivity index (χ1n) is 9.54. The molecule has 0 spiro atoms. The van der Waals surface area contributed by atoms with E-state index in [0.29, 0.717) is 37.5 Å². The van der Waals surface area contributed by atoms with Gasteiger partial charge in [-0.25, -0.2) is 0 Å². The highest BCUT2D eigenvalue weighted by atomic mass is 16.5. The Morgan fingerprint density at radius 1 is 1.00 bits per heavy atom. The van der Waals surface area contributed by atoms with Crippen molar-refractivity contribution in [2.75, 3.05) is 33.3 Å². The van der Waals surface area contributed by atoms with Crippen LogP contribution in [0.5, 0.6) is 5.75 Å². The van der Waals surface area contributed by atoms with Crippen LogP contribution in [0.25, 0.3) is 0 Å². The summed E-state index contributed by atoms with van der Waals surface area (Å²) >= 11 is 0. The highest BCUT2D eigenvalue weighted by Crippen LogP contribution is 2.20. The highest BCUT2D eigenvalue weighted by molar-refractivity contribution is 5.96. The number of hydrogen-bond donors (Lipinski definition) is 1. The minimum atomic E-state index is -0.319. The molecule has 2 amide bonds. The summed E-state index contributed by atoms with van der Waals surface area (Å²) in [5.74, 6) is 0.293. The molecular weight excluding hydrogens is 358 g/mol. The van der Waals surface area contributed by atoms with Crippen molar-refractivity contribution in [1.82, 2.24) is 14.8 Å². The maximum absolute atomic E-state index is 12.8. The Morgan fingerprint density at radius 2 is 1.71 bits per heavy atom. The number of aromatic amines is 1. The van der Waals surface area contributed by atoms with Crippen LogP contribution in [-0.2, 0) is 12.8 Å². The third kappa shape index (κ3) is 3.40. The molecule has 1 aliphatic carbocycles. The van der Waals surface area contributed by atoms with Crippen LogP contribution in [0.4, 0.5) is 0 Å². The maximum Gasteiger partial charge on any atom is 0.261 e. The van der Waals surface area contributed by atoms with Crippen LogP contribution >= 0.6 is 0 Å². The summed E-state index contributed by atoms with van der Waals surface area (Å²) in [6.45, 7) is 1.69. The lowest BCUT2D eigenvalue weighted by atomic mass is 10.1. The summed E-state index contributed by atoms with van der Waals surface area (Å²) in [5, 5.41) is 0. The second-order valence-electron chi connectivity index (χ2n) is 7.19. The molecule has 1 aromatic carbocycles. The largest absolute Gasteiger partial charge is 0.497 e. The Bertz CT molecular complexity index is 974. The van der Waals surface area contributed by atoms with E-state index in [9.17, 15) is 14.4 Å². The number of nitrogens with zero attached hydrogens (tertiary/aromatic N) is 2. The van der Waals surface area contributed by atoms with Gasteiger partial charge in [-0.15, -0.1) is 0 Å². The normalized spacial score (nSPS) is 16.0. The van der Waals surface area contributed by atoms with Gasteiger partial charge in [0, 0.05) is 37.4 Å². The first-order chi connectivity index (χ1) is 13.6. The number of fused-ring (bicyclic) bond motifs is 1. The van der Waals surface area contributed by atoms with Gasteiger partial charge < -0.3 is 19.5 Å². The Kier molecular flexibility index (Phi) is 4.90. The standard InChI is InChI=1S/C21H23N3O4/c1-28-16-6-2-5-15(12-16)20(26)23-8-10-24(11-9-23)21(27)17-13-14-4-3-7-18(14)22-19(17)25/h2,5-6,12-13H,3-4,7-11H2,1H3,(H,22,25). The van der Waals surface area contributed by atoms with Gasteiger partial charge in [0.2, 0.25) is 0 Å². The zero-order valence-electron chi connectivity index (χ0n) is 15.9. The molecule has 2 aromatic rings. The molecule has 1 aliphatic heterocycles. The number of rotatable bonds is 3. The lowest BCUT2D eigenvalue weighted by molar-refractivity contribution is 0.0534. The summed E-state index contributed by atoms with van der Waals surface area (Å²) in [5.41, 5.74) is 2.47. The quantitative estimate of drug-likeness (QED) is 0.873. The smallest absolute Gasteiger partial charge is 0.261 e. The zero-order chi connectivity index (χ0) is 19.7. The molecule has 4 rings (SSSR count). The number of piperazine rings is 1. The SMILES string of the molecule is COc1cccc(C(=O)N2CCN(C(=O)c3cc4c([nH]c3=O)CCC4)CC2)c1. The van der Waals surface area contributed by atoms with E-state index >= 15 is 0 Å². The van der Waals surface area contributed by atoms with Gasteiger partial charge in [0.15, 0.2) is 0 Å². The summed E-state index contributed by atoms with van der Waals surface area (Å²) in [6.07, 6.45) is 2.77. The monoisotopic (exact) mass is 381 g/mol. The van der Waals surface area contributed by atoms with Crippen LogP contribution < -0.4 is 10.3 Å². The average Bonchev–Trinajstić information content (AvgIpc) is 3.19. The second-order valence-corrected chi connectivity index (χ2v) is 7.19. The zero-order valence-corrected chi connectivity index (χ0v) is 15.9. The van der Waals surface area contributed by atoms with E-state index in [0.717, 1.165) is 30.5 Å². The Hall–Kier alpha value is -3.09. The molecule has 1 N–H and O–H groups in total. The molecule has 146 valence electrons. The molecule has 0 saturated carbocycles. The van der Waals surface area contributed by atoms with Gasteiger partial charge in [-0.3, -0.25) is 14.4 Å². The van der Waals surface area contributed by atoms with E-state index in [1.54, 1.807) is 47.2 Å². The second kappa shape index (κ2) is 7.50. The van der Waals surface area contributed by atoms with Crippen LogP contribution in [-0.4, -0.2) is 59.9 Å². The number of aryl methyl sites for hydroxylation is 2. The number of benzene rings is 1. The molecule has 0 unspecified atom stereocenters. The fraction of sp³-hybridized carbons (Fsp3) is 0.381. The summed E-state index contributed by atoms with van der Waals surface area (Å²) in [6, 6.07) is 8.79. The number of aromatic nitrogens is 1. The molecule has 0 radical (unpaired) electrons. The predicted molar refractivity (Wildman–Crippen MR) is 104 cm³/mol. The number of ether oxygens (including phenoxy) is 1. The lowest BCUT2D eigenvalue weighted by Crippen LogP contribution is -2.51. The molecular formula is C21H23N3O4. The van der Waals surface area contributed by atoms with E-state index < -0.39 is 0 Å². The summed E-state index contributed by atoms with van der Waals surface area (Å²) in [7, 11) is 1.56. The van der Waals surface area contributed by atoms with Gasteiger partial charge in [-0.2, -0.15) is 0 Å². The summed E-state index contributed by atoms with van der Waals surface area (Å²) in [4.78, 5) is 44.1. The van der Waals surface area contributed by atoms with Crippen molar-refractivity contribution >= 4 is 11.8 Å². The van der Waals surface area contributed by atoms with Gasteiger partial charge in [0.25, 0.3) is 17.4 Å². The molecule has 7 nitrogen and oxygen atoms in total. The molecule has 0 atom stereocenters. The van der Waals surface area contributed by atoms with Crippen molar-refractivity contribution in [2.24, 2.45) is 0 Å². The predicted octanol–water partition coefficient (Wildman–Crippen LogP) is 1.47. The fourth-order valence-electron chi connectivity index (χ4n) is 3.89. The maximum atomic E-state index is 12.8. The number of amides is 2.